The van der Waals surface area contributed by atoms with E-state index in [1.807, 2.05) is 17.8 Å². The smallest absolute Gasteiger partial charge is 0.191 e. The predicted molar refractivity (Wildman–Crippen MR) is 109 cm³/mol. The third-order valence-electron chi connectivity index (χ3n) is 3.80. The Morgan fingerprint density at radius 1 is 1.17 bits per heavy atom. The summed E-state index contributed by atoms with van der Waals surface area (Å²) in [7, 11) is 3.83. The van der Waals surface area contributed by atoms with Gasteiger partial charge in [0.15, 0.2) is 5.96 Å². The summed E-state index contributed by atoms with van der Waals surface area (Å²) in [5, 5.41) is 6.73. The van der Waals surface area contributed by atoms with Gasteiger partial charge in [0.05, 0.1) is 0 Å². The summed E-state index contributed by atoms with van der Waals surface area (Å²) in [6, 6.07) is 10.8. The van der Waals surface area contributed by atoms with E-state index in [0.717, 1.165) is 19.0 Å². The highest BCUT2D eigenvalue weighted by molar-refractivity contribution is 14.0. The van der Waals surface area contributed by atoms with Gasteiger partial charge in [-0.15, -0.1) is 24.0 Å². The van der Waals surface area contributed by atoms with Crippen LogP contribution in [0.15, 0.2) is 47.7 Å². The summed E-state index contributed by atoms with van der Waals surface area (Å²) < 4.78 is 2.05. The molecule has 1 aromatic heterocycles. The van der Waals surface area contributed by atoms with Crippen LogP contribution in [-0.2, 0) is 13.6 Å². The quantitative estimate of drug-likeness (QED) is 0.437. The standard InChI is InChI=1S/C18H26N4.HI/c1-14-5-7-17(8-6-14)15(2)11-20-18(19-3)21-12-16-9-10-22(4)13-16;/h5-10,13,15H,11-12H2,1-4H3,(H2,19,20,21);1H. The van der Waals surface area contributed by atoms with Gasteiger partial charge in [-0.1, -0.05) is 36.8 Å². The molecular formula is C18H27IN4. The average Bonchev–Trinajstić information content (AvgIpc) is 2.93. The number of benzene rings is 1. The van der Waals surface area contributed by atoms with Crippen molar-refractivity contribution in [2.24, 2.45) is 12.0 Å². The summed E-state index contributed by atoms with van der Waals surface area (Å²) in [6.07, 6.45) is 4.15. The topological polar surface area (TPSA) is 41.4 Å². The highest BCUT2D eigenvalue weighted by Gasteiger charge is 2.06. The minimum absolute atomic E-state index is 0. The van der Waals surface area contributed by atoms with E-state index in [9.17, 15) is 0 Å². The minimum atomic E-state index is 0. The van der Waals surface area contributed by atoms with Gasteiger partial charge in [0.1, 0.15) is 0 Å². The molecule has 0 aliphatic rings. The molecule has 126 valence electrons. The van der Waals surface area contributed by atoms with Crippen molar-refractivity contribution in [1.29, 1.82) is 0 Å². The van der Waals surface area contributed by atoms with E-state index < -0.39 is 0 Å². The molecular weight excluding hydrogens is 399 g/mol. The van der Waals surface area contributed by atoms with E-state index in [1.165, 1.54) is 16.7 Å². The van der Waals surface area contributed by atoms with Gasteiger partial charge in [0, 0.05) is 39.6 Å². The number of aliphatic imine (C=N–C) groups is 1. The molecule has 2 rings (SSSR count). The Hall–Kier alpha value is -1.50. The molecule has 0 radical (unpaired) electrons. The van der Waals surface area contributed by atoms with Crippen molar-refractivity contribution in [3.63, 3.8) is 0 Å². The monoisotopic (exact) mass is 426 g/mol. The van der Waals surface area contributed by atoms with E-state index >= 15 is 0 Å². The van der Waals surface area contributed by atoms with Crippen LogP contribution >= 0.6 is 24.0 Å². The Balaban J connectivity index is 0.00000264. The number of nitrogens with one attached hydrogen (secondary N) is 2. The van der Waals surface area contributed by atoms with Crippen LogP contribution in [0.5, 0.6) is 0 Å². The first-order valence-corrected chi connectivity index (χ1v) is 7.70. The molecule has 0 saturated carbocycles. The first kappa shape index (κ1) is 19.5. The zero-order chi connectivity index (χ0) is 15.9. The van der Waals surface area contributed by atoms with E-state index in [0.29, 0.717) is 5.92 Å². The van der Waals surface area contributed by atoms with Crippen LogP contribution in [0.25, 0.3) is 0 Å². The van der Waals surface area contributed by atoms with Crippen molar-refractivity contribution in [3.8, 4) is 0 Å². The second kappa shape index (κ2) is 9.60. The lowest BCUT2D eigenvalue weighted by atomic mass is 10.0. The van der Waals surface area contributed by atoms with Crippen molar-refractivity contribution in [2.45, 2.75) is 26.3 Å². The largest absolute Gasteiger partial charge is 0.357 e. The predicted octanol–water partition coefficient (Wildman–Crippen LogP) is 3.42. The van der Waals surface area contributed by atoms with Gasteiger partial charge in [-0.25, -0.2) is 0 Å². The first-order valence-electron chi connectivity index (χ1n) is 7.70. The minimum Gasteiger partial charge on any atom is -0.357 e. The molecule has 0 amide bonds. The number of rotatable bonds is 5. The Labute approximate surface area is 156 Å². The Morgan fingerprint density at radius 3 is 2.43 bits per heavy atom. The zero-order valence-corrected chi connectivity index (χ0v) is 16.7. The summed E-state index contributed by atoms with van der Waals surface area (Å²) in [5.74, 6) is 1.28. The van der Waals surface area contributed by atoms with Crippen LogP contribution in [0.4, 0.5) is 0 Å². The fourth-order valence-corrected chi connectivity index (χ4v) is 2.33. The Morgan fingerprint density at radius 2 is 1.87 bits per heavy atom. The third kappa shape index (κ3) is 6.25. The molecule has 1 unspecified atom stereocenters. The second-order valence-corrected chi connectivity index (χ2v) is 5.80. The molecule has 0 saturated heterocycles. The maximum Gasteiger partial charge on any atom is 0.191 e. The number of hydrogen-bond acceptors (Lipinski definition) is 1. The Kier molecular flexibility index (Phi) is 8.16. The lowest BCUT2D eigenvalue weighted by Crippen LogP contribution is -2.38. The van der Waals surface area contributed by atoms with Crippen LogP contribution in [0.3, 0.4) is 0 Å². The lowest BCUT2D eigenvalue weighted by Gasteiger charge is -2.16. The van der Waals surface area contributed by atoms with Gasteiger partial charge in [0.25, 0.3) is 0 Å². The first-order chi connectivity index (χ1) is 10.6. The molecule has 1 heterocycles. The summed E-state index contributed by atoms with van der Waals surface area (Å²) in [6.45, 7) is 5.97. The normalized spacial score (nSPS) is 12.4. The molecule has 0 fully saturated rings. The van der Waals surface area contributed by atoms with Crippen LogP contribution < -0.4 is 10.6 Å². The molecule has 23 heavy (non-hydrogen) atoms. The number of aryl methyl sites for hydroxylation is 2. The average molecular weight is 426 g/mol. The summed E-state index contributed by atoms with van der Waals surface area (Å²) in [4.78, 5) is 4.28. The number of hydrogen-bond donors (Lipinski definition) is 2. The molecule has 2 N–H and O–H groups in total. The van der Waals surface area contributed by atoms with Crippen LogP contribution in [-0.4, -0.2) is 24.1 Å². The number of aromatic nitrogens is 1. The number of guanidine groups is 1. The van der Waals surface area contributed by atoms with Gasteiger partial charge >= 0.3 is 0 Å². The second-order valence-electron chi connectivity index (χ2n) is 5.80. The fourth-order valence-electron chi connectivity index (χ4n) is 2.33. The van der Waals surface area contributed by atoms with Crippen molar-refractivity contribution in [3.05, 3.63) is 59.4 Å². The maximum absolute atomic E-state index is 4.28. The van der Waals surface area contributed by atoms with Crippen molar-refractivity contribution in [1.82, 2.24) is 15.2 Å². The number of nitrogens with zero attached hydrogens (tertiary/aromatic N) is 2. The molecule has 0 aliphatic heterocycles. The fraction of sp³-hybridized carbons (Fsp3) is 0.389. The summed E-state index contributed by atoms with van der Waals surface area (Å²) in [5.41, 5.74) is 3.89. The Bertz CT molecular complexity index is 616. The van der Waals surface area contributed by atoms with Crippen molar-refractivity contribution < 1.29 is 0 Å². The molecule has 0 bridgehead atoms. The van der Waals surface area contributed by atoms with Crippen molar-refractivity contribution >= 4 is 29.9 Å². The van der Waals surface area contributed by atoms with E-state index in [1.54, 1.807) is 7.05 Å². The van der Waals surface area contributed by atoms with E-state index in [4.69, 9.17) is 0 Å². The lowest BCUT2D eigenvalue weighted by molar-refractivity contribution is 0.698. The van der Waals surface area contributed by atoms with E-state index in [2.05, 4.69) is 66.0 Å². The van der Waals surface area contributed by atoms with Crippen LogP contribution in [0, 0.1) is 6.92 Å². The van der Waals surface area contributed by atoms with Gasteiger partial charge in [-0.3, -0.25) is 4.99 Å². The number of halogens is 1. The third-order valence-corrected chi connectivity index (χ3v) is 3.80. The molecule has 2 aromatic rings. The molecule has 0 aliphatic carbocycles. The van der Waals surface area contributed by atoms with Gasteiger partial charge in [-0.2, -0.15) is 0 Å². The zero-order valence-electron chi connectivity index (χ0n) is 14.3. The van der Waals surface area contributed by atoms with Crippen LogP contribution in [0.2, 0.25) is 0 Å². The highest BCUT2D eigenvalue weighted by Crippen LogP contribution is 2.14. The highest BCUT2D eigenvalue weighted by atomic mass is 127. The molecule has 5 heteroatoms. The SMILES string of the molecule is CN=C(NCc1ccn(C)c1)NCC(C)c1ccc(C)cc1.I. The molecule has 1 aromatic carbocycles. The summed E-state index contributed by atoms with van der Waals surface area (Å²) >= 11 is 0. The van der Waals surface area contributed by atoms with Gasteiger partial charge < -0.3 is 15.2 Å². The van der Waals surface area contributed by atoms with Crippen LogP contribution in [0.1, 0.15) is 29.5 Å². The van der Waals surface area contributed by atoms with Gasteiger partial charge in [-0.05, 0) is 30.0 Å². The van der Waals surface area contributed by atoms with Gasteiger partial charge in [0.2, 0.25) is 0 Å². The maximum atomic E-state index is 4.28. The van der Waals surface area contributed by atoms with E-state index in [-0.39, 0.29) is 24.0 Å². The molecule has 1 atom stereocenters. The van der Waals surface area contributed by atoms with Crippen molar-refractivity contribution in [2.75, 3.05) is 13.6 Å². The molecule has 4 nitrogen and oxygen atoms in total. The molecule has 0 spiro atoms.